The number of nitriles is 1. The average molecular weight is 318 g/mol. The lowest BCUT2D eigenvalue weighted by Gasteiger charge is -2.34. The standard InChI is InChI=1S/C16H22N4O3/c1-3-22-16(21)12-23-18-14-5-4-6-15(13(14)11-17)20-9-7-19(2)8-10-20/h4-6,18H,3,7-10,12H2,1-2H3. The maximum atomic E-state index is 11.3. The molecule has 1 aliphatic rings. The van der Waals surface area contributed by atoms with E-state index in [0.29, 0.717) is 17.9 Å². The molecular weight excluding hydrogens is 296 g/mol. The van der Waals surface area contributed by atoms with Crippen molar-refractivity contribution in [1.29, 1.82) is 5.26 Å². The highest BCUT2D eigenvalue weighted by molar-refractivity contribution is 5.73. The summed E-state index contributed by atoms with van der Waals surface area (Å²) in [6.07, 6.45) is 0. The molecule has 1 N–H and O–H groups in total. The number of nitrogens with one attached hydrogen (secondary N) is 1. The molecule has 1 saturated heterocycles. The van der Waals surface area contributed by atoms with Gasteiger partial charge in [0.2, 0.25) is 0 Å². The van der Waals surface area contributed by atoms with Crippen LogP contribution in [0.25, 0.3) is 0 Å². The van der Waals surface area contributed by atoms with Gasteiger partial charge in [-0.15, -0.1) is 0 Å². The summed E-state index contributed by atoms with van der Waals surface area (Å²) in [5.74, 6) is -0.450. The maximum Gasteiger partial charge on any atom is 0.334 e. The van der Waals surface area contributed by atoms with Crippen molar-refractivity contribution >= 4 is 17.3 Å². The van der Waals surface area contributed by atoms with Crippen LogP contribution in [0.1, 0.15) is 12.5 Å². The summed E-state index contributed by atoms with van der Waals surface area (Å²) in [7, 11) is 2.09. The second-order valence-electron chi connectivity index (χ2n) is 5.30. The first kappa shape index (κ1) is 17.1. The van der Waals surface area contributed by atoms with Crippen molar-refractivity contribution in [3.8, 4) is 6.07 Å². The molecule has 0 atom stereocenters. The van der Waals surface area contributed by atoms with E-state index < -0.39 is 5.97 Å². The van der Waals surface area contributed by atoms with E-state index in [9.17, 15) is 10.1 Å². The second kappa shape index (κ2) is 8.36. The highest BCUT2D eigenvalue weighted by Crippen LogP contribution is 2.27. The summed E-state index contributed by atoms with van der Waals surface area (Å²) in [5.41, 5.74) is 4.63. The van der Waals surface area contributed by atoms with Crippen LogP contribution in [0.2, 0.25) is 0 Å². The Morgan fingerprint density at radius 1 is 1.35 bits per heavy atom. The maximum absolute atomic E-state index is 11.3. The number of hydrogen-bond acceptors (Lipinski definition) is 7. The first-order chi connectivity index (χ1) is 11.2. The van der Waals surface area contributed by atoms with Crippen LogP contribution in [0.15, 0.2) is 18.2 Å². The molecule has 1 aliphatic heterocycles. The number of esters is 1. The van der Waals surface area contributed by atoms with Crippen LogP contribution in [-0.4, -0.2) is 57.3 Å². The monoisotopic (exact) mass is 318 g/mol. The van der Waals surface area contributed by atoms with E-state index >= 15 is 0 Å². The van der Waals surface area contributed by atoms with Crippen LogP contribution in [-0.2, 0) is 14.4 Å². The molecule has 1 fully saturated rings. The molecule has 0 amide bonds. The molecule has 0 unspecified atom stereocenters. The van der Waals surface area contributed by atoms with Crippen molar-refractivity contribution in [3.63, 3.8) is 0 Å². The lowest BCUT2D eigenvalue weighted by Crippen LogP contribution is -2.44. The molecule has 0 bridgehead atoms. The number of carbonyl (C=O) groups is 1. The van der Waals surface area contributed by atoms with Crippen molar-refractivity contribution in [3.05, 3.63) is 23.8 Å². The zero-order chi connectivity index (χ0) is 16.7. The summed E-state index contributed by atoms with van der Waals surface area (Å²) >= 11 is 0. The van der Waals surface area contributed by atoms with Gasteiger partial charge >= 0.3 is 5.97 Å². The fraction of sp³-hybridized carbons (Fsp3) is 0.500. The van der Waals surface area contributed by atoms with E-state index in [2.05, 4.69) is 28.4 Å². The topological polar surface area (TPSA) is 77.8 Å². The van der Waals surface area contributed by atoms with Gasteiger partial charge in [0.25, 0.3) is 0 Å². The molecule has 0 aromatic heterocycles. The van der Waals surface area contributed by atoms with Gasteiger partial charge in [0.05, 0.1) is 18.0 Å². The number of likely N-dealkylation sites (N-methyl/N-ethyl adjacent to an activating group) is 1. The highest BCUT2D eigenvalue weighted by atomic mass is 16.7. The minimum absolute atomic E-state index is 0.211. The highest BCUT2D eigenvalue weighted by Gasteiger charge is 2.19. The lowest BCUT2D eigenvalue weighted by atomic mass is 10.1. The minimum Gasteiger partial charge on any atom is -0.464 e. The summed E-state index contributed by atoms with van der Waals surface area (Å²) < 4.78 is 4.78. The number of carbonyl (C=O) groups excluding carboxylic acids is 1. The Labute approximate surface area is 136 Å². The average Bonchev–Trinajstić information content (AvgIpc) is 2.55. The Morgan fingerprint density at radius 3 is 2.74 bits per heavy atom. The molecule has 0 saturated carbocycles. The molecule has 1 aromatic rings. The Morgan fingerprint density at radius 2 is 2.09 bits per heavy atom. The fourth-order valence-corrected chi connectivity index (χ4v) is 2.43. The molecule has 0 aliphatic carbocycles. The van der Waals surface area contributed by atoms with Crippen molar-refractivity contribution in [2.24, 2.45) is 0 Å². The van der Waals surface area contributed by atoms with Crippen molar-refractivity contribution in [1.82, 2.24) is 4.90 Å². The van der Waals surface area contributed by atoms with Gasteiger partial charge in [-0.05, 0) is 26.1 Å². The van der Waals surface area contributed by atoms with Crippen LogP contribution in [0.3, 0.4) is 0 Å². The third-order valence-electron chi connectivity index (χ3n) is 3.68. The van der Waals surface area contributed by atoms with Gasteiger partial charge < -0.3 is 14.5 Å². The van der Waals surface area contributed by atoms with E-state index in [4.69, 9.17) is 9.57 Å². The Kier molecular flexibility index (Phi) is 6.20. The molecule has 2 rings (SSSR count). The van der Waals surface area contributed by atoms with E-state index in [1.165, 1.54) is 0 Å². The number of anilines is 2. The van der Waals surface area contributed by atoms with Gasteiger partial charge in [0.15, 0.2) is 6.61 Å². The number of piperazine rings is 1. The molecule has 1 heterocycles. The first-order valence-corrected chi connectivity index (χ1v) is 7.65. The Bertz CT molecular complexity index is 577. The summed E-state index contributed by atoms with van der Waals surface area (Å²) in [6.45, 7) is 5.50. The number of hydrogen-bond donors (Lipinski definition) is 1. The SMILES string of the molecule is CCOC(=O)CONc1cccc(N2CCN(C)CC2)c1C#N. The van der Waals surface area contributed by atoms with Crippen LogP contribution in [0.4, 0.5) is 11.4 Å². The van der Waals surface area contributed by atoms with Gasteiger partial charge in [-0.2, -0.15) is 5.26 Å². The molecular formula is C16H22N4O3. The van der Waals surface area contributed by atoms with Gasteiger partial charge in [-0.3, -0.25) is 10.3 Å². The molecule has 7 heteroatoms. The molecule has 23 heavy (non-hydrogen) atoms. The number of benzene rings is 1. The smallest absolute Gasteiger partial charge is 0.334 e. The normalized spacial score (nSPS) is 15.1. The number of rotatable bonds is 6. The first-order valence-electron chi connectivity index (χ1n) is 7.65. The summed E-state index contributed by atoms with van der Waals surface area (Å²) in [5, 5.41) is 9.50. The van der Waals surface area contributed by atoms with Crippen LogP contribution >= 0.6 is 0 Å². The molecule has 7 nitrogen and oxygen atoms in total. The van der Waals surface area contributed by atoms with Gasteiger partial charge in [-0.25, -0.2) is 4.79 Å². The zero-order valence-corrected chi connectivity index (χ0v) is 13.5. The predicted molar refractivity (Wildman–Crippen MR) is 87.1 cm³/mol. The van der Waals surface area contributed by atoms with E-state index in [1.807, 2.05) is 12.1 Å². The minimum atomic E-state index is -0.450. The van der Waals surface area contributed by atoms with Gasteiger partial charge in [-0.1, -0.05) is 6.07 Å². The molecule has 0 spiro atoms. The van der Waals surface area contributed by atoms with Gasteiger partial charge in [0, 0.05) is 26.2 Å². The lowest BCUT2D eigenvalue weighted by molar-refractivity contribution is -0.147. The van der Waals surface area contributed by atoms with E-state index in [0.717, 1.165) is 31.9 Å². The number of nitrogens with zero attached hydrogens (tertiary/aromatic N) is 3. The third-order valence-corrected chi connectivity index (χ3v) is 3.68. The van der Waals surface area contributed by atoms with Gasteiger partial charge in [0.1, 0.15) is 11.6 Å². The van der Waals surface area contributed by atoms with Crippen LogP contribution < -0.4 is 10.4 Å². The van der Waals surface area contributed by atoms with E-state index in [-0.39, 0.29) is 6.61 Å². The Balaban J connectivity index is 2.05. The molecule has 124 valence electrons. The third kappa shape index (κ3) is 4.58. The van der Waals surface area contributed by atoms with E-state index in [1.54, 1.807) is 13.0 Å². The van der Waals surface area contributed by atoms with Crippen molar-refractivity contribution in [2.45, 2.75) is 6.92 Å². The summed E-state index contributed by atoms with van der Waals surface area (Å²) in [6, 6.07) is 7.77. The quantitative estimate of drug-likeness (QED) is 0.624. The molecule has 0 radical (unpaired) electrons. The zero-order valence-electron chi connectivity index (χ0n) is 13.5. The van der Waals surface area contributed by atoms with Crippen LogP contribution in [0.5, 0.6) is 0 Å². The largest absolute Gasteiger partial charge is 0.464 e. The molecule has 1 aromatic carbocycles. The van der Waals surface area contributed by atoms with Crippen molar-refractivity contribution < 1.29 is 14.4 Å². The van der Waals surface area contributed by atoms with Crippen LogP contribution in [0, 0.1) is 11.3 Å². The second-order valence-corrected chi connectivity index (χ2v) is 5.30. The predicted octanol–water partition coefficient (Wildman–Crippen LogP) is 1.22. The Hall–Kier alpha value is -2.30. The van der Waals surface area contributed by atoms with Crippen molar-refractivity contribution in [2.75, 3.05) is 56.8 Å². The number of ether oxygens (including phenoxy) is 1. The fourth-order valence-electron chi connectivity index (χ4n) is 2.43. The summed E-state index contributed by atoms with van der Waals surface area (Å²) in [4.78, 5) is 20.8.